The number of nitrogens with two attached hydrogens (primary N) is 1. The van der Waals surface area contributed by atoms with Crippen molar-refractivity contribution in [1.29, 1.82) is 0 Å². The largest absolute Gasteiger partial charge is 0.399 e. The molecule has 3 aromatic rings. The molecule has 1 aromatic carbocycles. The predicted molar refractivity (Wildman–Crippen MR) is 82.6 cm³/mol. The van der Waals surface area contributed by atoms with Crippen molar-refractivity contribution in [3.05, 3.63) is 40.3 Å². The summed E-state index contributed by atoms with van der Waals surface area (Å²) in [5, 5.41) is 8.61. The second-order valence-electron chi connectivity index (χ2n) is 5.62. The van der Waals surface area contributed by atoms with Crippen molar-refractivity contribution in [3.63, 3.8) is 0 Å². The van der Waals surface area contributed by atoms with Gasteiger partial charge in [-0.3, -0.25) is 4.79 Å². The van der Waals surface area contributed by atoms with E-state index in [1.165, 1.54) is 4.52 Å². The third-order valence-corrected chi connectivity index (χ3v) is 4.23. The molecule has 1 aliphatic heterocycles. The third-order valence-electron chi connectivity index (χ3n) is 4.23. The molecule has 1 fully saturated rings. The fourth-order valence-corrected chi connectivity index (χ4v) is 3.10. The SMILES string of the molecule is Nc1ccc2c(c1)nn1c(=O)cc(C3CCNCC3)[nH]c21. The highest BCUT2D eigenvalue weighted by atomic mass is 16.1. The van der Waals surface area contributed by atoms with Gasteiger partial charge in [-0.2, -0.15) is 9.61 Å². The van der Waals surface area contributed by atoms with Crippen molar-refractivity contribution in [2.24, 2.45) is 0 Å². The molecule has 0 saturated carbocycles. The van der Waals surface area contributed by atoms with Crippen LogP contribution in [0.5, 0.6) is 0 Å². The molecule has 0 unspecified atom stereocenters. The van der Waals surface area contributed by atoms with Crippen molar-refractivity contribution in [2.75, 3.05) is 18.8 Å². The van der Waals surface area contributed by atoms with E-state index in [4.69, 9.17) is 5.73 Å². The number of benzene rings is 1. The number of fused-ring (bicyclic) bond motifs is 3. The zero-order valence-corrected chi connectivity index (χ0v) is 11.6. The number of anilines is 1. The lowest BCUT2D eigenvalue weighted by Gasteiger charge is -2.22. The highest BCUT2D eigenvalue weighted by Gasteiger charge is 2.18. The molecule has 1 saturated heterocycles. The molecule has 4 N–H and O–H groups in total. The van der Waals surface area contributed by atoms with Gasteiger partial charge < -0.3 is 16.0 Å². The average Bonchev–Trinajstić information content (AvgIpc) is 2.86. The van der Waals surface area contributed by atoms with Gasteiger partial charge in [0.1, 0.15) is 5.65 Å². The van der Waals surface area contributed by atoms with Gasteiger partial charge in [-0.15, -0.1) is 0 Å². The van der Waals surface area contributed by atoms with Crippen LogP contribution < -0.4 is 16.6 Å². The summed E-state index contributed by atoms with van der Waals surface area (Å²) in [6.07, 6.45) is 2.09. The summed E-state index contributed by atoms with van der Waals surface area (Å²) in [6.45, 7) is 1.99. The van der Waals surface area contributed by atoms with E-state index in [1.54, 1.807) is 12.1 Å². The Hall–Kier alpha value is -2.34. The number of hydrogen-bond acceptors (Lipinski definition) is 4. The number of aromatic nitrogens is 3. The molecule has 0 spiro atoms. The maximum Gasteiger partial charge on any atom is 0.274 e. The first-order valence-corrected chi connectivity index (χ1v) is 7.24. The zero-order chi connectivity index (χ0) is 14.4. The summed E-state index contributed by atoms with van der Waals surface area (Å²) in [5.41, 5.74) is 8.85. The molecule has 0 radical (unpaired) electrons. The summed E-state index contributed by atoms with van der Waals surface area (Å²) in [6, 6.07) is 7.21. The van der Waals surface area contributed by atoms with Crippen LogP contribution in [0.25, 0.3) is 16.6 Å². The summed E-state index contributed by atoms with van der Waals surface area (Å²) in [5.74, 6) is 0.405. The van der Waals surface area contributed by atoms with Crippen molar-refractivity contribution in [2.45, 2.75) is 18.8 Å². The van der Waals surface area contributed by atoms with Crippen molar-refractivity contribution >= 4 is 22.2 Å². The Labute approximate surface area is 121 Å². The standard InChI is InChI=1S/C15H17N5O/c16-10-1-2-11-13(7-10)19-20-14(21)8-12(18-15(11)20)9-3-5-17-6-4-9/h1-2,7-9,17-18H,3-6,16H2. The molecule has 0 aliphatic carbocycles. The minimum Gasteiger partial charge on any atom is -0.399 e. The number of nitrogens with one attached hydrogen (secondary N) is 2. The normalized spacial score (nSPS) is 16.8. The minimum absolute atomic E-state index is 0.0907. The van der Waals surface area contributed by atoms with Crippen LogP contribution in [0.3, 0.4) is 0 Å². The van der Waals surface area contributed by atoms with Gasteiger partial charge in [0.05, 0.1) is 5.52 Å². The molecule has 6 heteroatoms. The van der Waals surface area contributed by atoms with E-state index in [0.29, 0.717) is 11.6 Å². The van der Waals surface area contributed by atoms with Crippen LogP contribution in [0.1, 0.15) is 24.5 Å². The van der Waals surface area contributed by atoms with Gasteiger partial charge in [0.2, 0.25) is 0 Å². The first kappa shape index (κ1) is 12.4. The molecular formula is C15H17N5O. The van der Waals surface area contributed by atoms with Crippen molar-refractivity contribution in [3.8, 4) is 0 Å². The second-order valence-corrected chi connectivity index (χ2v) is 5.62. The Kier molecular flexibility index (Phi) is 2.71. The molecule has 21 heavy (non-hydrogen) atoms. The van der Waals surface area contributed by atoms with Crippen LogP contribution in [0.4, 0.5) is 5.69 Å². The van der Waals surface area contributed by atoms with Gasteiger partial charge in [-0.05, 0) is 44.1 Å². The van der Waals surface area contributed by atoms with E-state index in [-0.39, 0.29) is 5.56 Å². The third kappa shape index (κ3) is 1.99. The van der Waals surface area contributed by atoms with Crippen LogP contribution in [-0.2, 0) is 0 Å². The number of piperidine rings is 1. The maximum atomic E-state index is 12.3. The Morgan fingerprint density at radius 1 is 1.24 bits per heavy atom. The van der Waals surface area contributed by atoms with Crippen LogP contribution in [0.2, 0.25) is 0 Å². The molecule has 1 aliphatic rings. The molecule has 0 atom stereocenters. The Morgan fingerprint density at radius 3 is 2.86 bits per heavy atom. The fraction of sp³-hybridized carbons (Fsp3) is 0.333. The number of hydrogen-bond donors (Lipinski definition) is 3. The first-order valence-electron chi connectivity index (χ1n) is 7.24. The first-order chi connectivity index (χ1) is 10.2. The van der Waals surface area contributed by atoms with Gasteiger partial charge in [0.15, 0.2) is 0 Å². The van der Waals surface area contributed by atoms with E-state index in [0.717, 1.165) is 48.2 Å². The number of aromatic amines is 1. The van der Waals surface area contributed by atoms with Gasteiger partial charge in [-0.25, -0.2) is 0 Å². The van der Waals surface area contributed by atoms with E-state index in [2.05, 4.69) is 15.4 Å². The molecular weight excluding hydrogens is 266 g/mol. The quantitative estimate of drug-likeness (QED) is 0.586. The zero-order valence-electron chi connectivity index (χ0n) is 11.6. The summed E-state index contributed by atoms with van der Waals surface area (Å²) in [7, 11) is 0. The highest BCUT2D eigenvalue weighted by Crippen LogP contribution is 2.25. The lowest BCUT2D eigenvalue weighted by atomic mass is 9.94. The topological polar surface area (TPSA) is 88.2 Å². The van der Waals surface area contributed by atoms with Gasteiger partial charge in [0.25, 0.3) is 5.56 Å². The van der Waals surface area contributed by atoms with E-state index < -0.39 is 0 Å². The minimum atomic E-state index is -0.0907. The maximum absolute atomic E-state index is 12.3. The van der Waals surface area contributed by atoms with Gasteiger partial charge >= 0.3 is 0 Å². The van der Waals surface area contributed by atoms with Crippen LogP contribution in [-0.4, -0.2) is 27.7 Å². The summed E-state index contributed by atoms with van der Waals surface area (Å²) in [4.78, 5) is 15.7. The van der Waals surface area contributed by atoms with Crippen LogP contribution in [0, 0.1) is 0 Å². The van der Waals surface area contributed by atoms with E-state index >= 15 is 0 Å². The number of H-pyrrole nitrogens is 1. The van der Waals surface area contributed by atoms with Crippen molar-refractivity contribution < 1.29 is 0 Å². The summed E-state index contributed by atoms with van der Waals surface area (Å²) < 4.78 is 1.43. The second kappa shape index (κ2) is 4.60. The van der Waals surface area contributed by atoms with Crippen LogP contribution in [0.15, 0.2) is 29.1 Å². The molecule has 2 aromatic heterocycles. The predicted octanol–water partition coefficient (Wildman–Crippen LogP) is 1.22. The summed E-state index contributed by atoms with van der Waals surface area (Å²) >= 11 is 0. The fourth-order valence-electron chi connectivity index (χ4n) is 3.10. The van der Waals surface area contributed by atoms with Crippen LogP contribution >= 0.6 is 0 Å². The Bertz CT molecular complexity index is 873. The highest BCUT2D eigenvalue weighted by molar-refractivity contribution is 5.93. The molecule has 108 valence electrons. The number of nitrogens with zero attached hydrogens (tertiary/aromatic N) is 2. The van der Waals surface area contributed by atoms with E-state index in [1.807, 2.05) is 12.1 Å². The Balaban J connectivity index is 1.95. The average molecular weight is 283 g/mol. The van der Waals surface area contributed by atoms with E-state index in [9.17, 15) is 4.79 Å². The molecule has 4 rings (SSSR count). The smallest absolute Gasteiger partial charge is 0.274 e. The molecule has 3 heterocycles. The molecule has 6 nitrogen and oxygen atoms in total. The van der Waals surface area contributed by atoms with Gasteiger partial charge in [0, 0.05) is 28.8 Å². The molecule has 0 amide bonds. The van der Waals surface area contributed by atoms with Gasteiger partial charge in [-0.1, -0.05) is 0 Å². The number of rotatable bonds is 1. The van der Waals surface area contributed by atoms with Crippen molar-refractivity contribution in [1.82, 2.24) is 19.9 Å². The lowest BCUT2D eigenvalue weighted by Crippen LogP contribution is -2.28. The lowest BCUT2D eigenvalue weighted by molar-refractivity contribution is 0.453. The monoisotopic (exact) mass is 283 g/mol. The molecule has 0 bridgehead atoms. The number of nitrogen functional groups attached to an aromatic ring is 1. The Morgan fingerprint density at radius 2 is 2.05 bits per heavy atom.